The fourth-order valence-electron chi connectivity index (χ4n) is 2.46. The van der Waals surface area contributed by atoms with E-state index < -0.39 is 11.9 Å². The molecule has 1 aromatic carbocycles. The highest BCUT2D eigenvalue weighted by Crippen LogP contribution is 2.26. The van der Waals surface area contributed by atoms with E-state index in [0.717, 1.165) is 6.07 Å². The molecule has 1 fully saturated rings. The van der Waals surface area contributed by atoms with Gasteiger partial charge in [-0.2, -0.15) is 0 Å². The number of hydrogen-bond acceptors (Lipinski definition) is 6. The second-order valence-corrected chi connectivity index (χ2v) is 5.10. The molecule has 1 aromatic heterocycles. The van der Waals surface area contributed by atoms with Crippen LogP contribution in [0.4, 0.5) is 4.39 Å². The molecule has 122 valence electrons. The van der Waals surface area contributed by atoms with Crippen molar-refractivity contribution in [1.29, 1.82) is 0 Å². The van der Waals surface area contributed by atoms with Gasteiger partial charge in [-0.25, -0.2) is 4.39 Å². The highest BCUT2D eigenvalue weighted by molar-refractivity contribution is 5.94. The normalized spacial score (nSPS) is 18.0. The van der Waals surface area contributed by atoms with Crippen LogP contribution in [0.5, 0.6) is 5.75 Å². The fourth-order valence-corrected chi connectivity index (χ4v) is 2.46. The molecule has 0 unspecified atom stereocenters. The summed E-state index contributed by atoms with van der Waals surface area (Å²) in [5, 5.41) is 7.73. The first-order chi connectivity index (χ1) is 11.1. The number of morpholine rings is 1. The molecular formula is C15H16FN3O4. The number of aryl methyl sites for hydroxylation is 1. The topological polar surface area (TPSA) is 77.7 Å². The maximum atomic E-state index is 13.8. The Morgan fingerprint density at radius 1 is 1.43 bits per heavy atom. The maximum absolute atomic E-state index is 13.8. The Morgan fingerprint density at radius 3 is 2.91 bits per heavy atom. The van der Waals surface area contributed by atoms with Crippen LogP contribution in [0, 0.1) is 12.7 Å². The summed E-state index contributed by atoms with van der Waals surface area (Å²) in [5.41, 5.74) is 0.228. The Morgan fingerprint density at radius 2 is 2.26 bits per heavy atom. The summed E-state index contributed by atoms with van der Waals surface area (Å²) >= 11 is 0. The first-order valence-electron chi connectivity index (χ1n) is 7.12. The SMILES string of the molecule is COc1ccc(C(=O)N2CCOC[C@H]2c2nnc(C)o2)cc1F. The molecule has 1 saturated heterocycles. The molecule has 23 heavy (non-hydrogen) atoms. The minimum Gasteiger partial charge on any atom is -0.494 e. The van der Waals surface area contributed by atoms with Crippen LogP contribution in [0.15, 0.2) is 22.6 Å². The number of amides is 1. The number of methoxy groups -OCH3 is 1. The van der Waals surface area contributed by atoms with E-state index in [1.807, 2.05) is 0 Å². The number of aromatic nitrogens is 2. The molecule has 1 aliphatic rings. The molecule has 1 aliphatic heterocycles. The summed E-state index contributed by atoms with van der Waals surface area (Å²) < 4.78 is 29.5. The first kappa shape index (κ1) is 15.4. The second-order valence-electron chi connectivity index (χ2n) is 5.10. The number of halogens is 1. The monoisotopic (exact) mass is 321 g/mol. The molecule has 2 aromatic rings. The summed E-state index contributed by atoms with van der Waals surface area (Å²) in [4.78, 5) is 14.3. The smallest absolute Gasteiger partial charge is 0.254 e. The Balaban J connectivity index is 1.88. The van der Waals surface area contributed by atoms with Gasteiger partial charge in [0, 0.05) is 19.0 Å². The number of rotatable bonds is 3. The zero-order valence-corrected chi connectivity index (χ0v) is 12.8. The molecule has 0 aliphatic carbocycles. The van der Waals surface area contributed by atoms with Crippen LogP contribution in [-0.2, 0) is 4.74 Å². The third kappa shape index (κ3) is 3.02. The summed E-state index contributed by atoms with van der Waals surface area (Å²) in [6.07, 6.45) is 0. The highest BCUT2D eigenvalue weighted by atomic mass is 19.1. The van der Waals surface area contributed by atoms with Crippen LogP contribution in [0.25, 0.3) is 0 Å². The molecule has 7 nitrogen and oxygen atoms in total. The van der Waals surface area contributed by atoms with Crippen LogP contribution >= 0.6 is 0 Å². The summed E-state index contributed by atoms with van der Waals surface area (Å²) in [5.74, 6) is -0.0990. The quantitative estimate of drug-likeness (QED) is 0.857. The lowest BCUT2D eigenvalue weighted by Crippen LogP contribution is -2.43. The van der Waals surface area contributed by atoms with Gasteiger partial charge in [0.25, 0.3) is 5.91 Å². The van der Waals surface area contributed by atoms with Crippen molar-refractivity contribution in [1.82, 2.24) is 15.1 Å². The van der Waals surface area contributed by atoms with E-state index in [0.29, 0.717) is 24.9 Å². The summed E-state index contributed by atoms with van der Waals surface area (Å²) in [6.45, 7) is 2.68. The second kappa shape index (κ2) is 6.33. The Labute approximate surface area is 132 Å². The van der Waals surface area contributed by atoms with Crippen molar-refractivity contribution < 1.29 is 23.1 Å². The van der Waals surface area contributed by atoms with Crippen molar-refractivity contribution in [2.75, 3.05) is 26.9 Å². The molecule has 2 heterocycles. The Bertz CT molecular complexity index is 718. The first-order valence-corrected chi connectivity index (χ1v) is 7.12. The molecule has 8 heteroatoms. The van der Waals surface area contributed by atoms with Gasteiger partial charge in [0.15, 0.2) is 11.6 Å². The van der Waals surface area contributed by atoms with E-state index in [1.165, 1.54) is 19.2 Å². The van der Waals surface area contributed by atoms with E-state index in [1.54, 1.807) is 11.8 Å². The van der Waals surface area contributed by atoms with Crippen molar-refractivity contribution in [2.24, 2.45) is 0 Å². The van der Waals surface area contributed by atoms with Crippen LogP contribution in [0.3, 0.4) is 0 Å². The predicted molar refractivity (Wildman–Crippen MR) is 76.6 cm³/mol. The number of nitrogens with zero attached hydrogens (tertiary/aromatic N) is 3. The number of hydrogen-bond donors (Lipinski definition) is 0. The van der Waals surface area contributed by atoms with E-state index in [2.05, 4.69) is 10.2 Å². The number of ether oxygens (including phenoxy) is 2. The molecule has 1 amide bonds. The number of carbonyl (C=O) groups excluding carboxylic acids is 1. The fraction of sp³-hybridized carbons (Fsp3) is 0.400. The van der Waals surface area contributed by atoms with E-state index in [4.69, 9.17) is 13.9 Å². The van der Waals surface area contributed by atoms with Gasteiger partial charge >= 0.3 is 0 Å². The van der Waals surface area contributed by atoms with Gasteiger partial charge in [-0.1, -0.05) is 0 Å². The molecule has 0 radical (unpaired) electrons. The predicted octanol–water partition coefficient (Wildman–Crippen LogP) is 1.74. The highest BCUT2D eigenvalue weighted by Gasteiger charge is 2.33. The van der Waals surface area contributed by atoms with Gasteiger partial charge in [-0.3, -0.25) is 4.79 Å². The summed E-state index contributed by atoms with van der Waals surface area (Å²) in [7, 11) is 1.37. The largest absolute Gasteiger partial charge is 0.494 e. The van der Waals surface area contributed by atoms with Gasteiger partial charge < -0.3 is 18.8 Å². The number of benzene rings is 1. The van der Waals surface area contributed by atoms with Crippen LogP contribution in [-0.4, -0.2) is 47.9 Å². The zero-order valence-electron chi connectivity index (χ0n) is 12.8. The third-order valence-electron chi connectivity index (χ3n) is 3.61. The Hall–Kier alpha value is -2.48. The standard InChI is InChI=1S/C15H16FN3O4/c1-9-17-18-14(23-9)12-8-22-6-5-19(12)15(20)10-3-4-13(21-2)11(16)7-10/h3-4,7,12H,5-6,8H2,1-2H3/t12-/m0/s1. The van der Waals surface area contributed by atoms with Crippen LogP contribution in [0.1, 0.15) is 28.2 Å². The maximum Gasteiger partial charge on any atom is 0.254 e. The van der Waals surface area contributed by atoms with Crippen molar-refractivity contribution in [3.05, 3.63) is 41.4 Å². The molecule has 0 saturated carbocycles. The van der Waals surface area contributed by atoms with Gasteiger partial charge in [-0.05, 0) is 18.2 Å². The lowest BCUT2D eigenvalue weighted by molar-refractivity contribution is -0.0106. The molecule has 3 rings (SSSR count). The van der Waals surface area contributed by atoms with Crippen molar-refractivity contribution in [2.45, 2.75) is 13.0 Å². The minimum absolute atomic E-state index is 0.0904. The third-order valence-corrected chi connectivity index (χ3v) is 3.61. The van der Waals surface area contributed by atoms with E-state index >= 15 is 0 Å². The molecular weight excluding hydrogens is 305 g/mol. The molecule has 1 atom stereocenters. The van der Waals surface area contributed by atoms with Crippen molar-refractivity contribution >= 4 is 5.91 Å². The van der Waals surface area contributed by atoms with Gasteiger partial charge in [0.1, 0.15) is 6.04 Å². The van der Waals surface area contributed by atoms with Crippen molar-refractivity contribution in [3.8, 4) is 5.75 Å². The Kier molecular flexibility index (Phi) is 4.24. The lowest BCUT2D eigenvalue weighted by atomic mass is 10.1. The lowest BCUT2D eigenvalue weighted by Gasteiger charge is -2.33. The van der Waals surface area contributed by atoms with Gasteiger partial charge in [0.05, 0.1) is 20.3 Å². The van der Waals surface area contributed by atoms with Crippen LogP contribution < -0.4 is 4.74 Å². The zero-order chi connectivity index (χ0) is 16.4. The van der Waals surface area contributed by atoms with Gasteiger partial charge in [0.2, 0.25) is 11.8 Å². The summed E-state index contributed by atoms with van der Waals surface area (Å²) in [6, 6.07) is 3.62. The average Bonchev–Trinajstić information content (AvgIpc) is 3.00. The molecule has 0 spiro atoms. The molecule has 0 N–H and O–H groups in total. The average molecular weight is 321 g/mol. The molecule has 0 bridgehead atoms. The van der Waals surface area contributed by atoms with Crippen LogP contribution in [0.2, 0.25) is 0 Å². The van der Waals surface area contributed by atoms with Gasteiger partial charge in [-0.15, -0.1) is 10.2 Å². The van der Waals surface area contributed by atoms with E-state index in [9.17, 15) is 9.18 Å². The van der Waals surface area contributed by atoms with Crippen molar-refractivity contribution in [3.63, 3.8) is 0 Å². The van der Waals surface area contributed by atoms with E-state index in [-0.39, 0.29) is 23.8 Å². The minimum atomic E-state index is -0.586. The number of carbonyl (C=O) groups is 1.